The third-order valence-corrected chi connectivity index (χ3v) is 12.9. The van der Waals surface area contributed by atoms with Gasteiger partial charge in [-0.2, -0.15) is 0 Å². The van der Waals surface area contributed by atoms with E-state index in [0.717, 1.165) is 28.6 Å². The number of ether oxygens (including phenoxy) is 2. The number of aryl methyl sites for hydroxylation is 4. The van der Waals surface area contributed by atoms with Gasteiger partial charge in [-0.1, -0.05) is 136 Å². The van der Waals surface area contributed by atoms with E-state index in [1.54, 1.807) is 7.11 Å². The van der Waals surface area contributed by atoms with Gasteiger partial charge in [-0.25, -0.2) is 0 Å². The van der Waals surface area contributed by atoms with Crippen molar-refractivity contribution >= 4 is 77.5 Å². The van der Waals surface area contributed by atoms with Crippen LogP contribution in [0.5, 0.6) is 17.2 Å². The predicted octanol–water partition coefficient (Wildman–Crippen LogP) is 12.6. The maximum absolute atomic E-state index is 6.36. The Hall–Kier alpha value is -7.50. The van der Waals surface area contributed by atoms with Gasteiger partial charge in [0.05, 0.1) is 29.2 Å². The first kappa shape index (κ1) is 37.5. The van der Waals surface area contributed by atoms with Gasteiger partial charge in [-0.3, -0.25) is 0 Å². The highest BCUT2D eigenvalue weighted by atomic mass is 16.5. The molecule has 0 fully saturated rings. The summed E-state index contributed by atoms with van der Waals surface area (Å²) in [5.41, 5.74) is 15.7. The second-order valence-corrected chi connectivity index (χ2v) is 16.7. The van der Waals surface area contributed by atoms with E-state index in [9.17, 15) is 0 Å². The van der Waals surface area contributed by atoms with Gasteiger partial charge >= 0.3 is 0 Å². The summed E-state index contributed by atoms with van der Waals surface area (Å²) in [6.45, 7) is 8.83. The number of nitrogens with zero attached hydrogens (tertiary/aromatic N) is 2. The quantitative estimate of drug-likeness (QED) is 0.143. The molecule has 0 amide bonds. The first-order valence-corrected chi connectivity index (χ1v) is 21.4. The third kappa shape index (κ3) is 6.07. The largest absolute Gasteiger partial charge is 0.497 e. The minimum absolute atomic E-state index is 0.0141. The van der Waals surface area contributed by atoms with Crippen LogP contribution < -0.4 is 25.9 Å². The molecule has 2 aromatic heterocycles. The van der Waals surface area contributed by atoms with Crippen LogP contribution >= 0.6 is 0 Å². The van der Waals surface area contributed by atoms with Crippen molar-refractivity contribution in [3.63, 3.8) is 0 Å². The summed E-state index contributed by atoms with van der Waals surface area (Å²) in [6.07, 6.45) is 0. The summed E-state index contributed by atoms with van der Waals surface area (Å²) in [4.78, 5) is 0. The van der Waals surface area contributed by atoms with Crippen LogP contribution in [0.1, 0.15) is 22.3 Å². The van der Waals surface area contributed by atoms with Crippen LogP contribution in [-0.2, 0) is 0 Å². The second-order valence-electron chi connectivity index (χ2n) is 16.7. The number of fused-ring (bicyclic) bond motifs is 8. The molecule has 0 aliphatic heterocycles. The van der Waals surface area contributed by atoms with Crippen molar-refractivity contribution in [2.24, 2.45) is 0 Å². The summed E-state index contributed by atoms with van der Waals surface area (Å²) in [6, 6.07) is 65.7. The molecule has 0 aliphatic carbocycles. The van der Waals surface area contributed by atoms with Gasteiger partial charge in [-0.15, -0.1) is 0 Å². The number of para-hydroxylation sites is 3. The Kier molecular flexibility index (Phi) is 9.01. The summed E-state index contributed by atoms with van der Waals surface area (Å²) < 4.78 is 17.0. The standard InChI is InChI=1S/C57H45BN2O2/c1-36-31-46(61-5)32-37(2)56(36)58(57-38(3)33-47(34-39(57)4)62-45-17-7-6-8-18-45)42-24-27-43(28-25-42)59-50-21-13-11-19-48(50)54-52(59)29-30-53-55(54)49-20-12-14-22-51(49)60(53)44-26-23-40-15-9-10-16-41(40)35-44/h6-35H,1-5H3. The number of hydrogen-bond acceptors (Lipinski definition) is 2. The van der Waals surface area contributed by atoms with Crippen LogP contribution in [0.2, 0.25) is 0 Å². The molecule has 0 atom stereocenters. The van der Waals surface area contributed by atoms with Gasteiger partial charge in [0, 0.05) is 32.9 Å². The fourth-order valence-electron chi connectivity index (χ4n) is 10.3. The highest BCUT2D eigenvalue weighted by Gasteiger charge is 2.29. The monoisotopic (exact) mass is 800 g/mol. The Morgan fingerprint density at radius 3 is 1.45 bits per heavy atom. The lowest BCUT2D eigenvalue weighted by molar-refractivity contribution is 0.414. The molecule has 11 aromatic rings. The maximum Gasteiger partial charge on any atom is 0.242 e. The fourth-order valence-corrected chi connectivity index (χ4v) is 10.3. The molecule has 4 nitrogen and oxygen atoms in total. The Bertz CT molecular complexity index is 3480. The number of methoxy groups -OCH3 is 1. The molecule has 0 spiro atoms. The molecule has 11 rings (SSSR count). The lowest BCUT2D eigenvalue weighted by Gasteiger charge is -2.25. The zero-order valence-electron chi connectivity index (χ0n) is 35.6. The molecular formula is C57H45BN2O2. The molecule has 0 bridgehead atoms. The number of hydrogen-bond donors (Lipinski definition) is 0. The van der Waals surface area contributed by atoms with Crippen LogP contribution in [0, 0.1) is 27.7 Å². The van der Waals surface area contributed by atoms with Crippen molar-refractivity contribution in [1.29, 1.82) is 0 Å². The first-order valence-electron chi connectivity index (χ1n) is 21.4. The fraction of sp³-hybridized carbons (Fsp3) is 0.0877. The molecule has 62 heavy (non-hydrogen) atoms. The van der Waals surface area contributed by atoms with Gasteiger partial charge in [0.2, 0.25) is 6.71 Å². The average Bonchev–Trinajstić information content (AvgIpc) is 3.81. The van der Waals surface area contributed by atoms with E-state index >= 15 is 0 Å². The smallest absolute Gasteiger partial charge is 0.242 e. The third-order valence-electron chi connectivity index (χ3n) is 12.9. The Morgan fingerprint density at radius 2 is 0.871 bits per heavy atom. The van der Waals surface area contributed by atoms with Crippen LogP contribution in [0.3, 0.4) is 0 Å². The predicted molar refractivity (Wildman–Crippen MR) is 262 cm³/mol. The minimum Gasteiger partial charge on any atom is -0.497 e. The Balaban J connectivity index is 1.09. The lowest BCUT2D eigenvalue weighted by Crippen LogP contribution is -2.55. The first-order chi connectivity index (χ1) is 30.4. The van der Waals surface area contributed by atoms with E-state index in [2.05, 4.69) is 188 Å². The summed E-state index contributed by atoms with van der Waals surface area (Å²) >= 11 is 0. The molecule has 5 heteroatoms. The van der Waals surface area contributed by atoms with E-state index in [1.807, 2.05) is 30.3 Å². The lowest BCUT2D eigenvalue weighted by atomic mass is 9.34. The van der Waals surface area contributed by atoms with E-state index in [-0.39, 0.29) is 6.71 Å². The second kappa shape index (κ2) is 14.9. The number of rotatable bonds is 8. The Morgan fingerprint density at radius 1 is 0.387 bits per heavy atom. The summed E-state index contributed by atoms with van der Waals surface area (Å²) in [5, 5.41) is 7.50. The zero-order chi connectivity index (χ0) is 42.1. The summed E-state index contributed by atoms with van der Waals surface area (Å²) in [7, 11) is 1.74. The highest BCUT2D eigenvalue weighted by molar-refractivity contribution is 6.96. The van der Waals surface area contributed by atoms with Crippen molar-refractivity contribution in [3.8, 4) is 28.6 Å². The molecule has 0 saturated heterocycles. The molecule has 298 valence electrons. The minimum atomic E-state index is -0.0141. The maximum atomic E-state index is 6.36. The molecule has 0 saturated carbocycles. The van der Waals surface area contributed by atoms with Crippen molar-refractivity contribution in [2.45, 2.75) is 27.7 Å². The number of benzene rings is 9. The van der Waals surface area contributed by atoms with Gasteiger partial charge in [-0.05, 0) is 123 Å². The van der Waals surface area contributed by atoms with E-state index in [4.69, 9.17) is 9.47 Å². The van der Waals surface area contributed by atoms with Gasteiger partial charge in [0.25, 0.3) is 0 Å². The summed E-state index contributed by atoms with van der Waals surface area (Å²) in [5.74, 6) is 2.54. The van der Waals surface area contributed by atoms with Crippen LogP contribution in [0.25, 0.3) is 65.8 Å². The number of aromatic nitrogens is 2. The zero-order valence-corrected chi connectivity index (χ0v) is 35.6. The highest BCUT2D eigenvalue weighted by Crippen LogP contribution is 2.42. The van der Waals surface area contributed by atoms with E-state index in [0.29, 0.717) is 0 Å². The molecule has 0 unspecified atom stereocenters. The average molecular weight is 801 g/mol. The SMILES string of the molecule is COc1cc(C)c(B(c2ccc(-n3c4ccccc4c4c5c6ccccc6n(-c6ccc7ccccc7c6)c5ccc43)cc2)c2c(C)cc(Oc3ccccc3)cc2C)c(C)c1. The van der Waals surface area contributed by atoms with Gasteiger partial charge < -0.3 is 18.6 Å². The van der Waals surface area contributed by atoms with Crippen LogP contribution in [-0.4, -0.2) is 23.0 Å². The van der Waals surface area contributed by atoms with Gasteiger partial charge in [0.15, 0.2) is 0 Å². The van der Waals surface area contributed by atoms with Gasteiger partial charge in [0.1, 0.15) is 17.2 Å². The molecular weight excluding hydrogens is 755 g/mol. The van der Waals surface area contributed by atoms with Crippen molar-refractivity contribution in [1.82, 2.24) is 9.13 Å². The topological polar surface area (TPSA) is 28.3 Å². The molecule has 0 N–H and O–H groups in total. The van der Waals surface area contributed by atoms with Crippen LogP contribution in [0.15, 0.2) is 182 Å². The van der Waals surface area contributed by atoms with E-state index in [1.165, 1.54) is 93.0 Å². The van der Waals surface area contributed by atoms with Crippen molar-refractivity contribution in [2.75, 3.05) is 7.11 Å². The van der Waals surface area contributed by atoms with Crippen molar-refractivity contribution < 1.29 is 9.47 Å². The molecule has 0 radical (unpaired) electrons. The normalized spacial score (nSPS) is 11.6. The van der Waals surface area contributed by atoms with Crippen molar-refractivity contribution in [3.05, 3.63) is 204 Å². The Labute approximate surface area is 362 Å². The van der Waals surface area contributed by atoms with E-state index < -0.39 is 0 Å². The molecule has 0 aliphatic rings. The molecule has 9 aromatic carbocycles. The van der Waals surface area contributed by atoms with Crippen LogP contribution in [0.4, 0.5) is 0 Å². The molecule has 2 heterocycles.